The van der Waals surface area contributed by atoms with E-state index >= 15 is 0 Å². The molecule has 102 valence electrons. The van der Waals surface area contributed by atoms with Gasteiger partial charge in [0.15, 0.2) is 9.84 Å². The van der Waals surface area contributed by atoms with Gasteiger partial charge < -0.3 is 10.1 Å². The summed E-state index contributed by atoms with van der Waals surface area (Å²) in [4.78, 5) is 0. The number of hydrogen-bond acceptors (Lipinski definition) is 4. The van der Waals surface area contributed by atoms with E-state index in [0.29, 0.717) is 6.61 Å². The van der Waals surface area contributed by atoms with Crippen LogP contribution in [-0.2, 0) is 14.6 Å². The molecule has 1 atom stereocenters. The monoisotopic (exact) mass is 263 g/mol. The second-order valence-corrected chi connectivity index (χ2v) is 7.17. The molecule has 0 amide bonds. The van der Waals surface area contributed by atoms with E-state index in [1.165, 1.54) is 0 Å². The zero-order chi connectivity index (χ0) is 12.7. The van der Waals surface area contributed by atoms with Gasteiger partial charge in [0.1, 0.15) is 0 Å². The fourth-order valence-corrected chi connectivity index (χ4v) is 4.48. The molecule has 0 aromatic heterocycles. The maximum Gasteiger partial charge on any atom is 0.154 e. The molecule has 1 fully saturated rings. The van der Waals surface area contributed by atoms with E-state index in [1.807, 2.05) is 0 Å². The van der Waals surface area contributed by atoms with Crippen LogP contribution in [0.3, 0.4) is 0 Å². The standard InChI is InChI=1S/C12H25NO3S/c1-3-8-13-11(9-16-2)10-17(14,15)12-6-4-5-7-12/h11-13H,3-10H2,1-2H3. The molecule has 0 saturated heterocycles. The van der Waals surface area contributed by atoms with Crippen molar-refractivity contribution in [3.05, 3.63) is 0 Å². The third kappa shape index (κ3) is 4.94. The molecule has 1 N–H and O–H groups in total. The Hall–Kier alpha value is -0.130. The van der Waals surface area contributed by atoms with Gasteiger partial charge in [-0.05, 0) is 25.8 Å². The molecule has 1 aliphatic carbocycles. The lowest BCUT2D eigenvalue weighted by atomic mass is 10.3. The van der Waals surface area contributed by atoms with Crippen molar-refractivity contribution in [2.24, 2.45) is 0 Å². The smallest absolute Gasteiger partial charge is 0.154 e. The highest BCUT2D eigenvalue weighted by Crippen LogP contribution is 2.25. The molecule has 1 unspecified atom stereocenters. The molecule has 0 spiro atoms. The van der Waals surface area contributed by atoms with E-state index in [-0.39, 0.29) is 17.0 Å². The van der Waals surface area contributed by atoms with Crippen LogP contribution in [0.25, 0.3) is 0 Å². The van der Waals surface area contributed by atoms with Crippen molar-refractivity contribution in [1.29, 1.82) is 0 Å². The van der Waals surface area contributed by atoms with E-state index in [0.717, 1.165) is 38.6 Å². The lowest BCUT2D eigenvalue weighted by molar-refractivity contribution is 0.173. The molecule has 0 radical (unpaired) electrons. The van der Waals surface area contributed by atoms with Crippen LogP contribution < -0.4 is 5.32 Å². The molecule has 4 nitrogen and oxygen atoms in total. The maximum absolute atomic E-state index is 12.2. The predicted molar refractivity (Wildman–Crippen MR) is 70.0 cm³/mol. The normalized spacial score (nSPS) is 19.6. The number of nitrogens with one attached hydrogen (secondary N) is 1. The molecule has 0 aromatic carbocycles. The first kappa shape index (κ1) is 14.9. The largest absolute Gasteiger partial charge is 0.383 e. The molecule has 5 heteroatoms. The highest BCUT2D eigenvalue weighted by atomic mass is 32.2. The van der Waals surface area contributed by atoms with Crippen LogP contribution in [0.5, 0.6) is 0 Å². The van der Waals surface area contributed by atoms with Crippen LogP contribution in [0.15, 0.2) is 0 Å². The van der Waals surface area contributed by atoms with Gasteiger partial charge in [-0.3, -0.25) is 0 Å². The van der Waals surface area contributed by atoms with E-state index in [1.54, 1.807) is 7.11 Å². The zero-order valence-corrected chi connectivity index (χ0v) is 11.8. The Morgan fingerprint density at radius 1 is 1.35 bits per heavy atom. The van der Waals surface area contributed by atoms with Crippen molar-refractivity contribution in [2.45, 2.75) is 50.3 Å². The molecule has 1 saturated carbocycles. The lowest BCUT2D eigenvalue weighted by Gasteiger charge is -2.20. The van der Waals surface area contributed by atoms with Crippen molar-refractivity contribution in [1.82, 2.24) is 5.32 Å². The lowest BCUT2D eigenvalue weighted by Crippen LogP contribution is -2.41. The summed E-state index contributed by atoms with van der Waals surface area (Å²) in [7, 11) is -1.34. The Morgan fingerprint density at radius 3 is 2.53 bits per heavy atom. The number of sulfone groups is 1. The van der Waals surface area contributed by atoms with Crippen LogP contribution in [0.2, 0.25) is 0 Å². The minimum Gasteiger partial charge on any atom is -0.383 e. The first-order valence-corrected chi connectivity index (χ1v) is 8.25. The van der Waals surface area contributed by atoms with Crippen LogP contribution in [-0.4, -0.2) is 45.7 Å². The summed E-state index contributed by atoms with van der Waals surface area (Å²) in [5.74, 6) is 0.214. The summed E-state index contributed by atoms with van der Waals surface area (Å²) in [6.45, 7) is 3.38. The van der Waals surface area contributed by atoms with Crippen LogP contribution >= 0.6 is 0 Å². The van der Waals surface area contributed by atoms with Gasteiger partial charge in [0.25, 0.3) is 0 Å². The Balaban J connectivity index is 2.51. The zero-order valence-electron chi connectivity index (χ0n) is 10.9. The van der Waals surface area contributed by atoms with Crippen molar-refractivity contribution < 1.29 is 13.2 Å². The average molecular weight is 263 g/mol. The van der Waals surface area contributed by atoms with Crippen LogP contribution in [0, 0.1) is 0 Å². The fraction of sp³-hybridized carbons (Fsp3) is 1.00. The summed E-state index contributed by atoms with van der Waals surface area (Å²) in [6.07, 6.45) is 4.80. The number of methoxy groups -OCH3 is 1. The van der Waals surface area contributed by atoms with Gasteiger partial charge in [-0.1, -0.05) is 19.8 Å². The summed E-state index contributed by atoms with van der Waals surface area (Å²) in [5.41, 5.74) is 0. The molecule has 0 bridgehead atoms. The van der Waals surface area contributed by atoms with Crippen molar-refractivity contribution >= 4 is 9.84 Å². The minimum absolute atomic E-state index is 0.0643. The minimum atomic E-state index is -2.95. The third-order valence-corrected chi connectivity index (χ3v) is 5.65. The molecule has 0 heterocycles. The SMILES string of the molecule is CCCNC(COC)CS(=O)(=O)C1CCCC1. The number of rotatable bonds is 8. The summed E-state index contributed by atoms with van der Waals surface area (Å²) in [5, 5.41) is 3.14. The first-order chi connectivity index (χ1) is 8.10. The fourth-order valence-electron chi connectivity index (χ4n) is 2.38. The molecule has 1 aliphatic rings. The summed E-state index contributed by atoms with van der Waals surface area (Å²) >= 11 is 0. The molecular formula is C12H25NO3S. The average Bonchev–Trinajstić information content (AvgIpc) is 2.80. The summed E-state index contributed by atoms with van der Waals surface area (Å²) < 4.78 is 29.5. The highest BCUT2D eigenvalue weighted by Gasteiger charge is 2.30. The van der Waals surface area contributed by atoms with Crippen molar-refractivity contribution in [3.63, 3.8) is 0 Å². The second-order valence-electron chi connectivity index (χ2n) is 4.84. The Bertz CT molecular complexity index is 297. The maximum atomic E-state index is 12.2. The van der Waals surface area contributed by atoms with Crippen molar-refractivity contribution in [2.75, 3.05) is 26.0 Å². The molecular weight excluding hydrogens is 238 g/mol. The van der Waals surface area contributed by atoms with E-state index < -0.39 is 9.84 Å². The topological polar surface area (TPSA) is 55.4 Å². The van der Waals surface area contributed by atoms with Gasteiger partial charge in [0.05, 0.1) is 17.6 Å². The number of ether oxygens (including phenoxy) is 1. The van der Waals surface area contributed by atoms with Gasteiger partial charge in [-0.2, -0.15) is 0 Å². The quantitative estimate of drug-likeness (QED) is 0.718. The number of hydrogen-bond donors (Lipinski definition) is 1. The van der Waals surface area contributed by atoms with Gasteiger partial charge >= 0.3 is 0 Å². The summed E-state index contributed by atoms with van der Waals surface area (Å²) in [6, 6.07) is -0.0643. The van der Waals surface area contributed by atoms with Gasteiger partial charge in [0, 0.05) is 13.2 Å². The predicted octanol–water partition coefficient (Wildman–Crippen LogP) is 1.36. The van der Waals surface area contributed by atoms with Gasteiger partial charge in [0.2, 0.25) is 0 Å². The Morgan fingerprint density at radius 2 is 2.00 bits per heavy atom. The van der Waals surface area contributed by atoms with Crippen LogP contribution in [0.1, 0.15) is 39.0 Å². The van der Waals surface area contributed by atoms with Crippen LogP contribution in [0.4, 0.5) is 0 Å². The highest BCUT2D eigenvalue weighted by molar-refractivity contribution is 7.92. The van der Waals surface area contributed by atoms with Crippen molar-refractivity contribution in [3.8, 4) is 0 Å². The Labute approximate surface area is 105 Å². The van der Waals surface area contributed by atoms with E-state index in [2.05, 4.69) is 12.2 Å². The van der Waals surface area contributed by atoms with Gasteiger partial charge in [-0.15, -0.1) is 0 Å². The second kappa shape index (κ2) is 7.34. The Kier molecular flexibility index (Phi) is 6.44. The molecule has 1 rings (SSSR count). The first-order valence-electron chi connectivity index (χ1n) is 6.54. The van der Waals surface area contributed by atoms with E-state index in [9.17, 15) is 8.42 Å². The molecule has 0 aliphatic heterocycles. The van der Waals surface area contributed by atoms with E-state index in [4.69, 9.17) is 4.74 Å². The van der Waals surface area contributed by atoms with Gasteiger partial charge in [-0.25, -0.2) is 8.42 Å². The molecule has 0 aromatic rings. The molecule has 17 heavy (non-hydrogen) atoms. The third-order valence-electron chi connectivity index (χ3n) is 3.29.